The largest absolute Gasteiger partial charge is 0.297 e. The Balaban J connectivity index is 1.53. The Kier molecular flexibility index (Phi) is 4.70. The average molecular weight is 415 g/mol. The number of hydrogen-bond donors (Lipinski definition) is 0. The number of rotatable bonds is 3. The summed E-state index contributed by atoms with van der Waals surface area (Å²) in [5, 5.41) is 4.62. The monoisotopic (exact) mass is 414 g/mol. The van der Waals surface area contributed by atoms with E-state index in [4.69, 9.17) is 4.98 Å². The van der Waals surface area contributed by atoms with Crippen molar-refractivity contribution in [2.24, 2.45) is 0 Å². The molecule has 0 bridgehead atoms. The van der Waals surface area contributed by atoms with Crippen molar-refractivity contribution in [2.45, 2.75) is 40.2 Å². The third kappa shape index (κ3) is 3.55. The minimum absolute atomic E-state index is 0.106. The van der Waals surface area contributed by atoms with Crippen LogP contribution in [0.3, 0.4) is 0 Å². The van der Waals surface area contributed by atoms with E-state index in [0.29, 0.717) is 23.1 Å². The molecular weight excluding hydrogens is 388 g/mol. The molecule has 0 aliphatic carbocycles. The molecule has 5 heterocycles. The molecule has 0 spiro atoms. The van der Waals surface area contributed by atoms with Gasteiger partial charge in [-0.05, 0) is 63.5 Å². The molecule has 4 aromatic heterocycles. The van der Waals surface area contributed by atoms with Gasteiger partial charge < -0.3 is 0 Å². The van der Waals surface area contributed by atoms with Crippen molar-refractivity contribution in [3.8, 4) is 11.4 Å². The normalized spacial score (nSPS) is 15.2. The van der Waals surface area contributed by atoms with Gasteiger partial charge in [0, 0.05) is 31.4 Å². The van der Waals surface area contributed by atoms with Crippen LogP contribution in [0.1, 0.15) is 37.2 Å². The summed E-state index contributed by atoms with van der Waals surface area (Å²) in [6, 6.07) is 8.01. The van der Waals surface area contributed by atoms with Gasteiger partial charge >= 0.3 is 0 Å². The highest BCUT2D eigenvalue weighted by molar-refractivity contribution is 5.69. The van der Waals surface area contributed by atoms with Crippen molar-refractivity contribution in [3.63, 3.8) is 0 Å². The van der Waals surface area contributed by atoms with Crippen LogP contribution >= 0.6 is 0 Å². The lowest BCUT2D eigenvalue weighted by molar-refractivity contribution is 0.245. The predicted octanol–water partition coefficient (Wildman–Crippen LogP) is 3.52. The van der Waals surface area contributed by atoms with Crippen molar-refractivity contribution >= 4 is 16.7 Å². The van der Waals surface area contributed by atoms with Crippen LogP contribution in [0.4, 0.5) is 0 Å². The second-order valence-electron chi connectivity index (χ2n) is 8.52. The molecule has 158 valence electrons. The fourth-order valence-corrected chi connectivity index (χ4v) is 4.26. The first-order chi connectivity index (χ1) is 14.9. The van der Waals surface area contributed by atoms with Gasteiger partial charge in [0.2, 0.25) is 0 Å². The van der Waals surface area contributed by atoms with Gasteiger partial charge in [-0.3, -0.25) is 19.1 Å². The third-order valence-electron chi connectivity index (χ3n) is 6.02. The van der Waals surface area contributed by atoms with Crippen LogP contribution < -0.4 is 5.56 Å². The van der Waals surface area contributed by atoms with Crippen molar-refractivity contribution in [1.29, 1.82) is 0 Å². The molecule has 0 amide bonds. The maximum absolute atomic E-state index is 12.9. The maximum Gasteiger partial charge on any atom is 0.258 e. The van der Waals surface area contributed by atoms with E-state index in [1.807, 2.05) is 38.4 Å². The smallest absolute Gasteiger partial charge is 0.258 e. The Labute approximate surface area is 180 Å². The van der Waals surface area contributed by atoms with Crippen LogP contribution in [0.25, 0.3) is 28.1 Å². The Morgan fingerprint density at radius 3 is 2.61 bits per heavy atom. The van der Waals surface area contributed by atoms with Crippen LogP contribution in [0, 0.1) is 13.8 Å². The molecule has 0 unspecified atom stereocenters. The molecule has 7 nitrogen and oxygen atoms in total. The van der Waals surface area contributed by atoms with Crippen molar-refractivity contribution in [1.82, 2.24) is 28.9 Å². The van der Waals surface area contributed by atoms with Crippen LogP contribution in [-0.2, 0) is 0 Å². The van der Waals surface area contributed by atoms with Gasteiger partial charge in [0.1, 0.15) is 11.3 Å². The van der Waals surface area contributed by atoms with Gasteiger partial charge in [0.05, 0.1) is 28.8 Å². The highest BCUT2D eigenvalue weighted by Crippen LogP contribution is 2.24. The van der Waals surface area contributed by atoms with Crippen LogP contribution in [-0.4, -0.2) is 48.0 Å². The molecular formula is C24H26N6O. The summed E-state index contributed by atoms with van der Waals surface area (Å²) >= 11 is 0. The third-order valence-corrected chi connectivity index (χ3v) is 6.02. The summed E-state index contributed by atoms with van der Waals surface area (Å²) in [5.41, 5.74) is 6.83. The second-order valence-corrected chi connectivity index (χ2v) is 8.52. The summed E-state index contributed by atoms with van der Waals surface area (Å²) in [6.07, 6.45) is 7.04. The molecule has 1 aliphatic heterocycles. The molecule has 31 heavy (non-hydrogen) atoms. The van der Waals surface area contributed by atoms with E-state index in [0.717, 1.165) is 42.0 Å². The van der Waals surface area contributed by atoms with E-state index in [1.165, 1.54) is 5.57 Å². The quantitative estimate of drug-likeness (QED) is 0.513. The Morgan fingerprint density at radius 2 is 1.87 bits per heavy atom. The number of nitrogens with zero attached hydrogens (tertiary/aromatic N) is 6. The summed E-state index contributed by atoms with van der Waals surface area (Å²) in [5.74, 6) is 0. The van der Waals surface area contributed by atoms with E-state index in [1.54, 1.807) is 15.0 Å². The second kappa shape index (κ2) is 7.42. The lowest BCUT2D eigenvalue weighted by Crippen LogP contribution is -2.34. The maximum atomic E-state index is 12.9. The van der Waals surface area contributed by atoms with E-state index in [2.05, 4.69) is 41.0 Å². The van der Waals surface area contributed by atoms with Crippen molar-refractivity contribution < 1.29 is 0 Å². The van der Waals surface area contributed by atoms with Gasteiger partial charge in [0.25, 0.3) is 5.56 Å². The fourth-order valence-electron chi connectivity index (χ4n) is 4.26. The van der Waals surface area contributed by atoms with Gasteiger partial charge in [0.15, 0.2) is 0 Å². The summed E-state index contributed by atoms with van der Waals surface area (Å²) in [6.45, 7) is 10.3. The predicted molar refractivity (Wildman–Crippen MR) is 122 cm³/mol. The molecule has 0 saturated heterocycles. The Hall–Kier alpha value is -3.32. The van der Waals surface area contributed by atoms with Gasteiger partial charge in [-0.25, -0.2) is 9.50 Å². The minimum Gasteiger partial charge on any atom is -0.297 e. The van der Waals surface area contributed by atoms with E-state index in [-0.39, 0.29) is 5.56 Å². The lowest BCUT2D eigenvalue weighted by Gasteiger charge is -2.29. The lowest BCUT2D eigenvalue weighted by atomic mass is 10.0. The number of pyridine rings is 1. The highest BCUT2D eigenvalue weighted by Gasteiger charge is 2.16. The van der Waals surface area contributed by atoms with Crippen LogP contribution in [0.5, 0.6) is 0 Å². The molecule has 0 aromatic carbocycles. The number of aromatic nitrogens is 5. The minimum atomic E-state index is -0.106. The zero-order valence-electron chi connectivity index (χ0n) is 18.3. The Morgan fingerprint density at radius 1 is 1.03 bits per heavy atom. The zero-order valence-corrected chi connectivity index (χ0v) is 18.3. The number of aryl methyl sites for hydroxylation is 2. The summed E-state index contributed by atoms with van der Waals surface area (Å²) < 4.78 is 3.43. The molecule has 0 saturated carbocycles. The van der Waals surface area contributed by atoms with Crippen LogP contribution in [0.15, 0.2) is 47.5 Å². The SMILES string of the molecule is Cc1cn2nc(-c3cc(=O)n4cc(C5=CCN(C(C)C)CC5)ccc4n3)cc2c(C)n1. The molecule has 0 N–H and O–H groups in total. The molecule has 7 heteroatoms. The molecule has 0 atom stereocenters. The molecule has 0 fully saturated rings. The molecule has 4 aromatic rings. The first-order valence-corrected chi connectivity index (χ1v) is 10.7. The van der Waals surface area contributed by atoms with E-state index in [9.17, 15) is 4.79 Å². The topological polar surface area (TPSA) is 67.8 Å². The first kappa shape index (κ1) is 19.6. The van der Waals surface area contributed by atoms with E-state index < -0.39 is 0 Å². The van der Waals surface area contributed by atoms with Crippen molar-refractivity contribution in [2.75, 3.05) is 13.1 Å². The highest BCUT2D eigenvalue weighted by atomic mass is 16.1. The van der Waals surface area contributed by atoms with E-state index >= 15 is 0 Å². The summed E-state index contributed by atoms with van der Waals surface area (Å²) in [7, 11) is 0. The van der Waals surface area contributed by atoms with Gasteiger partial charge in [-0.2, -0.15) is 5.10 Å². The molecule has 1 aliphatic rings. The average Bonchev–Trinajstić information content (AvgIpc) is 3.18. The van der Waals surface area contributed by atoms with Crippen molar-refractivity contribution in [3.05, 3.63) is 70.0 Å². The fraction of sp³-hybridized carbons (Fsp3) is 0.333. The zero-order chi connectivity index (χ0) is 21.7. The van der Waals surface area contributed by atoms with Gasteiger partial charge in [-0.15, -0.1) is 0 Å². The van der Waals surface area contributed by atoms with Crippen LogP contribution in [0.2, 0.25) is 0 Å². The standard InChI is InChI=1S/C24H26N6O/c1-15(2)28-9-7-18(8-10-28)19-5-6-23-26-20(12-24(31)29(23)14-19)21-11-22-17(4)25-16(3)13-30(22)27-21/h5-7,11-15H,8-10H2,1-4H3. The molecule has 0 radical (unpaired) electrons. The summed E-state index contributed by atoms with van der Waals surface area (Å²) in [4.78, 5) is 24.6. The van der Waals surface area contributed by atoms with Gasteiger partial charge in [-0.1, -0.05) is 6.08 Å². The number of fused-ring (bicyclic) bond motifs is 2. The first-order valence-electron chi connectivity index (χ1n) is 10.7. The number of hydrogen-bond acceptors (Lipinski definition) is 5. The Bertz CT molecular complexity index is 1390. The molecule has 5 rings (SSSR count).